The lowest BCUT2D eigenvalue weighted by Crippen LogP contribution is -2.62. The molecular formula is C23H34O5. The zero-order chi connectivity index (χ0) is 19.9. The van der Waals surface area contributed by atoms with E-state index in [1.165, 1.54) is 6.08 Å². The number of aliphatic hydroxyl groups is 3. The number of hydrogen-bond acceptors (Lipinski definition) is 5. The van der Waals surface area contributed by atoms with Crippen molar-refractivity contribution in [2.75, 3.05) is 6.61 Å². The van der Waals surface area contributed by atoms with Crippen molar-refractivity contribution < 1.29 is 24.9 Å². The summed E-state index contributed by atoms with van der Waals surface area (Å²) in [6.07, 6.45) is 7.87. The molecule has 0 aromatic heterocycles. The number of esters is 1. The molecule has 5 nitrogen and oxygen atoms in total. The van der Waals surface area contributed by atoms with Gasteiger partial charge in [0.05, 0.1) is 17.8 Å². The smallest absolute Gasteiger partial charge is 0.331 e. The summed E-state index contributed by atoms with van der Waals surface area (Å²) in [5.41, 5.74) is -0.301. The van der Waals surface area contributed by atoms with Crippen molar-refractivity contribution in [1.29, 1.82) is 0 Å². The third kappa shape index (κ3) is 2.33. The van der Waals surface area contributed by atoms with E-state index in [1.54, 1.807) is 0 Å². The fraction of sp³-hybridized carbons (Fsp3) is 0.870. The van der Waals surface area contributed by atoms with E-state index in [1.807, 2.05) is 0 Å². The van der Waals surface area contributed by atoms with Crippen LogP contribution >= 0.6 is 0 Å². The van der Waals surface area contributed by atoms with Crippen molar-refractivity contribution in [3.05, 3.63) is 11.6 Å². The summed E-state index contributed by atoms with van der Waals surface area (Å²) in [6, 6.07) is 0. The molecule has 9 atom stereocenters. The van der Waals surface area contributed by atoms with E-state index >= 15 is 0 Å². The lowest BCUT2D eigenvalue weighted by molar-refractivity contribution is -0.208. The van der Waals surface area contributed by atoms with Gasteiger partial charge in [0.25, 0.3) is 0 Å². The van der Waals surface area contributed by atoms with Crippen LogP contribution in [0.4, 0.5) is 0 Å². The quantitative estimate of drug-likeness (QED) is 0.599. The number of rotatable bonds is 1. The second-order valence-corrected chi connectivity index (χ2v) is 10.9. The molecule has 1 heterocycles. The molecule has 3 N–H and O–H groups in total. The van der Waals surface area contributed by atoms with Crippen LogP contribution in [0.3, 0.4) is 0 Å². The van der Waals surface area contributed by atoms with E-state index < -0.39 is 17.1 Å². The van der Waals surface area contributed by atoms with E-state index in [-0.39, 0.29) is 35.9 Å². The van der Waals surface area contributed by atoms with Gasteiger partial charge in [-0.1, -0.05) is 13.8 Å². The molecule has 0 amide bonds. The molecule has 1 aliphatic heterocycles. The van der Waals surface area contributed by atoms with Crippen molar-refractivity contribution >= 4 is 5.97 Å². The number of aliphatic hydroxyl groups excluding tert-OH is 2. The first-order valence-electron chi connectivity index (χ1n) is 11.1. The summed E-state index contributed by atoms with van der Waals surface area (Å²) in [6.45, 7) is 4.77. The average Bonchev–Trinajstić information content (AvgIpc) is 3.13. The van der Waals surface area contributed by atoms with Crippen molar-refractivity contribution in [3.8, 4) is 0 Å². The van der Waals surface area contributed by atoms with E-state index in [9.17, 15) is 20.1 Å². The Hall–Kier alpha value is -0.910. The molecule has 28 heavy (non-hydrogen) atoms. The monoisotopic (exact) mass is 390 g/mol. The Labute approximate surface area is 167 Å². The average molecular weight is 391 g/mol. The van der Waals surface area contributed by atoms with Gasteiger partial charge in [-0.05, 0) is 73.7 Å². The third-order valence-corrected chi connectivity index (χ3v) is 9.92. The van der Waals surface area contributed by atoms with Gasteiger partial charge in [0.1, 0.15) is 6.61 Å². The topological polar surface area (TPSA) is 87.0 Å². The normalized spacial score (nSPS) is 55.8. The Morgan fingerprint density at radius 3 is 2.57 bits per heavy atom. The highest BCUT2D eigenvalue weighted by Crippen LogP contribution is 2.69. The van der Waals surface area contributed by atoms with Crippen LogP contribution in [0.25, 0.3) is 0 Å². The molecule has 0 spiro atoms. The van der Waals surface area contributed by atoms with Gasteiger partial charge in [0.15, 0.2) is 0 Å². The minimum Gasteiger partial charge on any atom is -0.458 e. The zero-order valence-corrected chi connectivity index (χ0v) is 17.1. The van der Waals surface area contributed by atoms with Crippen molar-refractivity contribution in [3.63, 3.8) is 0 Å². The maximum absolute atomic E-state index is 12.1. The summed E-state index contributed by atoms with van der Waals surface area (Å²) in [5.74, 6) is 0.627. The Morgan fingerprint density at radius 2 is 1.86 bits per heavy atom. The van der Waals surface area contributed by atoms with Gasteiger partial charge in [0, 0.05) is 23.8 Å². The van der Waals surface area contributed by atoms with Crippen LogP contribution in [-0.4, -0.2) is 45.7 Å². The van der Waals surface area contributed by atoms with Crippen molar-refractivity contribution in [2.45, 2.75) is 83.0 Å². The van der Waals surface area contributed by atoms with Gasteiger partial charge < -0.3 is 20.1 Å². The minimum absolute atomic E-state index is 0.170. The van der Waals surface area contributed by atoms with Crippen LogP contribution in [0.2, 0.25) is 0 Å². The first-order valence-corrected chi connectivity index (χ1v) is 11.1. The molecular weight excluding hydrogens is 356 g/mol. The third-order valence-electron chi connectivity index (χ3n) is 9.92. The first kappa shape index (κ1) is 19.1. The number of cyclic esters (lactones) is 1. The molecule has 4 aliphatic carbocycles. The highest BCUT2D eigenvalue weighted by atomic mass is 16.5. The molecule has 0 saturated heterocycles. The number of ether oxygens (including phenoxy) is 1. The SMILES string of the molecule is C[C@]12CC[C@H](O)C[C@H]1CC[C@@H]1[C@@H]2CC[C@]2(C)[C@@H](C3=CC(=O)OC3)[C@@H](O)C[C@]12O. The standard InChI is InChI=1S/C23H34O5/c1-21-7-5-15(24)10-14(21)3-4-17-16(21)6-8-22(2)20(13-9-19(26)28-12-13)18(25)11-23(17,22)27/h9,14-18,20,24-25,27H,3-8,10-12H2,1-2H3/t14-,15+,16+,17-,18+,20+,21+,22-,23+/m1/s1. The molecule has 5 rings (SSSR count). The first-order chi connectivity index (χ1) is 13.2. The molecule has 4 saturated carbocycles. The fourth-order valence-electron chi connectivity index (χ4n) is 8.47. The van der Waals surface area contributed by atoms with Gasteiger partial charge in [-0.2, -0.15) is 0 Å². The summed E-state index contributed by atoms with van der Waals surface area (Å²) >= 11 is 0. The summed E-state index contributed by atoms with van der Waals surface area (Å²) in [5, 5.41) is 33.3. The molecule has 5 aliphatic rings. The van der Waals surface area contributed by atoms with Crippen LogP contribution in [0, 0.1) is 34.5 Å². The molecule has 0 aromatic rings. The number of hydrogen-bond donors (Lipinski definition) is 3. The maximum atomic E-state index is 12.1. The molecule has 5 heteroatoms. The zero-order valence-electron chi connectivity index (χ0n) is 17.1. The lowest BCUT2D eigenvalue weighted by atomic mass is 9.43. The molecule has 0 radical (unpaired) electrons. The minimum atomic E-state index is -0.906. The van der Waals surface area contributed by atoms with Gasteiger partial charge >= 0.3 is 5.97 Å². The van der Waals surface area contributed by atoms with Crippen LogP contribution < -0.4 is 0 Å². The highest BCUT2D eigenvalue weighted by molar-refractivity contribution is 5.85. The van der Waals surface area contributed by atoms with Crippen molar-refractivity contribution in [1.82, 2.24) is 0 Å². The largest absolute Gasteiger partial charge is 0.458 e. The molecule has 4 fully saturated rings. The van der Waals surface area contributed by atoms with E-state index in [0.29, 0.717) is 18.3 Å². The Morgan fingerprint density at radius 1 is 1.07 bits per heavy atom. The van der Waals surface area contributed by atoms with Crippen LogP contribution in [0.5, 0.6) is 0 Å². The Kier molecular flexibility index (Phi) is 4.12. The van der Waals surface area contributed by atoms with Crippen LogP contribution in [0.15, 0.2) is 11.6 Å². The predicted octanol–water partition coefficient (Wildman–Crippen LogP) is 2.58. The van der Waals surface area contributed by atoms with Gasteiger partial charge in [-0.25, -0.2) is 4.79 Å². The molecule has 156 valence electrons. The van der Waals surface area contributed by atoms with Gasteiger partial charge in [0.2, 0.25) is 0 Å². The number of carbonyl (C=O) groups excluding carboxylic acids is 1. The van der Waals surface area contributed by atoms with E-state index in [4.69, 9.17) is 4.74 Å². The predicted molar refractivity (Wildman–Crippen MR) is 103 cm³/mol. The maximum Gasteiger partial charge on any atom is 0.331 e. The van der Waals surface area contributed by atoms with Crippen molar-refractivity contribution in [2.24, 2.45) is 34.5 Å². The summed E-state index contributed by atoms with van der Waals surface area (Å²) in [7, 11) is 0. The van der Waals surface area contributed by atoms with E-state index in [2.05, 4.69) is 13.8 Å². The Balaban J connectivity index is 1.50. The van der Waals surface area contributed by atoms with Crippen LogP contribution in [0.1, 0.15) is 65.2 Å². The van der Waals surface area contributed by atoms with Gasteiger partial charge in [-0.3, -0.25) is 0 Å². The van der Waals surface area contributed by atoms with E-state index in [0.717, 1.165) is 50.5 Å². The molecule has 0 unspecified atom stereocenters. The Bertz CT molecular complexity index is 718. The lowest BCUT2D eigenvalue weighted by Gasteiger charge is -2.63. The molecule has 0 aromatic carbocycles. The number of fused-ring (bicyclic) bond motifs is 5. The summed E-state index contributed by atoms with van der Waals surface area (Å²) < 4.78 is 5.14. The second kappa shape index (κ2) is 6.05. The highest BCUT2D eigenvalue weighted by Gasteiger charge is 2.70. The number of carbonyl (C=O) groups is 1. The van der Waals surface area contributed by atoms with Crippen LogP contribution in [-0.2, 0) is 9.53 Å². The molecule has 0 bridgehead atoms. The summed E-state index contributed by atoms with van der Waals surface area (Å²) in [4.78, 5) is 11.7. The second-order valence-electron chi connectivity index (χ2n) is 10.9. The van der Waals surface area contributed by atoms with Gasteiger partial charge in [-0.15, -0.1) is 0 Å². The fourth-order valence-corrected chi connectivity index (χ4v) is 8.47.